The molecule has 0 amide bonds. The van der Waals surface area contributed by atoms with Crippen molar-refractivity contribution < 1.29 is 4.74 Å². The number of aryl methyl sites for hydroxylation is 1. The molecule has 2 heteroatoms. The summed E-state index contributed by atoms with van der Waals surface area (Å²) >= 11 is 0. The lowest BCUT2D eigenvalue weighted by atomic mass is 10.0. The zero-order valence-corrected chi connectivity index (χ0v) is 12.5. The first-order valence-electron chi connectivity index (χ1n) is 7.14. The Morgan fingerprint density at radius 3 is 2.40 bits per heavy atom. The number of hydrogen-bond donors (Lipinski definition) is 1. The topological polar surface area (TPSA) is 35.2 Å². The highest BCUT2D eigenvalue weighted by molar-refractivity contribution is 5.40. The molecule has 0 aliphatic rings. The molecular weight excluding hydrogens is 246 g/mol. The fraction of sp³-hybridized carbons (Fsp3) is 0.333. The maximum absolute atomic E-state index is 5.98. The molecule has 0 unspecified atom stereocenters. The number of nitrogen functional groups attached to an aromatic ring is 1. The fourth-order valence-corrected chi connectivity index (χ4v) is 2.21. The summed E-state index contributed by atoms with van der Waals surface area (Å²) in [4.78, 5) is 0. The van der Waals surface area contributed by atoms with E-state index in [0.717, 1.165) is 17.9 Å². The van der Waals surface area contributed by atoms with E-state index in [1.807, 2.05) is 12.1 Å². The zero-order chi connectivity index (χ0) is 14.5. The Kier molecular flexibility index (Phi) is 4.67. The van der Waals surface area contributed by atoms with Crippen LogP contribution < -0.4 is 10.5 Å². The molecule has 0 saturated heterocycles. The van der Waals surface area contributed by atoms with Gasteiger partial charge in [0.15, 0.2) is 0 Å². The summed E-state index contributed by atoms with van der Waals surface area (Å²) in [5.41, 5.74) is 10.2. The average Bonchev–Trinajstić information content (AvgIpc) is 2.41. The van der Waals surface area contributed by atoms with Crippen molar-refractivity contribution in [1.82, 2.24) is 0 Å². The summed E-state index contributed by atoms with van der Waals surface area (Å²) in [6.45, 7) is 7.17. The first kappa shape index (κ1) is 14.4. The molecule has 2 N–H and O–H groups in total. The van der Waals surface area contributed by atoms with E-state index in [1.54, 1.807) is 0 Å². The largest absolute Gasteiger partial charge is 0.493 e. The molecule has 0 radical (unpaired) electrons. The van der Waals surface area contributed by atoms with Crippen molar-refractivity contribution in [2.24, 2.45) is 0 Å². The first-order valence-corrected chi connectivity index (χ1v) is 7.14. The minimum Gasteiger partial charge on any atom is -0.493 e. The van der Waals surface area contributed by atoms with Crippen molar-refractivity contribution in [3.63, 3.8) is 0 Å². The molecule has 0 aliphatic heterocycles. The number of ether oxygens (including phenoxy) is 1. The number of hydrogen-bond acceptors (Lipinski definition) is 2. The van der Waals surface area contributed by atoms with Crippen LogP contribution in [0.1, 0.15) is 36.5 Å². The minimum absolute atomic E-state index is 0.474. The number of rotatable bonds is 5. The summed E-state index contributed by atoms with van der Waals surface area (Å²) in [6.07, 6.45) is 0.895. The van der Waals surface area contributed by atoms with Crippen molar-refractivity contribution in [1.29, 1.82) is 0 Å². The number of benzene rings is 2. The maximum Gasteiger partial charge on any atom is 0.123 e. The van der Waals surface area contributed by atoms with Crippen molar-refractivity contribution >= 4 is 5.69 Å². The van der Waals surface area contributed by atoms with Gasteiger partial charge in [-0.25, -0.2) is 0 Å². The van der Waals surface area contributed by atoms with Gasteiger partial charge in [-0.05, 0) is 47.7 Å². The molecular formula is C18H23NO. The summed E-state index contributed by atoms with van der Waals surface area (Å²) in [6, 6.07) is 14.4. The second-order valence-corrected chi connectivity index (χ2v) is 5.54. The summed E-state index contributed by atoms with van der Waals surface area (Å²) in [5.74, 6) is 1.48. The third kappa shape index (κ3) is 3.77. The highest BCUT2D eigenvalue weighted by atomic mass is 16.5. The highest BCUT2D eigenvalue weighted by Gasteiger charge is 2.08. The van der Waals surface area contributed by atoms with Crippen LogP contribution in [-0.2, 0) is 6.42 Å². The van der Waals surface area contributed by atoms with Crippen molar-refractivity contribution in [2.45, 2.75) is 33.1 Å². The normalized spacial score (nSPS) is 10.8. The van der Waals surface area contributed by atoms with Gasteiger partial charge in [0, 0.05) is 12.1 Å². The second-order valence-electron chi connectivity index (χ2n) is 5.54. The van der Waals surface area contributed by atoms with E-state index in [9.17, 15) is 0 Å². The SMILES string of the molecule is Cc1ccc(C(C)C)c(OCCc2ccc(N)cc2)c1. The Balaban J connectivity index is 2.00. The molecule has 106 valence electrons. The average molecular weight is 269 g/mol. The second kappa shape index (κ2) is 6.47. The third-order valence-corrected chi connectivity index (χ3v) is 3.42. The summed E-state index contributed by atoms with van der Waals surface area (Å²) < 4.78 is 5.98. The molecule has 2 aromatic carbocycles. The van der Waals surface area contributed by atoms with Gasteiger partial charge in [-0.1, -0.05) is 38.1 Å². The summed E-state index contributed by atoms with van der Waals surface area (Å²) in [7, 11) is 0. The van der Waals surface area contributed by atoms with Gasteiger partial charge in [0.2, 0.25) is 0 Å². The van der Waals surface area contributed by atoms with E-state index in [0.29, 0.717) is 12.5 Å². The molecule has 0 fully saturated rings. The number of nitrogens with two attached hydrogens (primary N) is 1. The van der Waals surface area contributed by atoms with Gasteiger partial charge in [-0.3, -0.25) is 0 Å². The molecule has 0 spiro atoms. The number of anilines is 1. The van der Waals surface area contributed by atoms with E-state index in [1.165, 1.54) is 16.7 Å². The van der Waals surface area contributed by atoms with Gasteiger partial charge in [-0.2, -0.15) is 0 Å². The van der Waals surface area contributed by atoms with Gasteiger partial charge in [0.25, 0.3) is 0 Å². The Bertz CT molecular complexity index is 558. The van der Waals surface area contributed by atoms with E-state index in [2.05, 4.69) is 51.1 Å². The van der Waals surface area contributed by atoms with Crippen molar-refractivity contribution in [3.8, 4) is 5.75 Å². The Morgan fingerprint density at radius 2 is 1.75 bits per heavy atom. The lowest BCUT2D eigenvalue weighted by molar-refractivity contribution is 0.317. The quantitative estimate of drug-likeness (QED) is 0.820. The van der Waals surface area contributed by atoms with E-state index < -0.39 is 0 Å². The van der Waals surface area contributed by atoms with Gasteiger partial charge < -0.3 is 10.5 Å². The molecule has 20 heavy (non-hydrogen) atoms. The van der Waals surface area contributed by atoms with Crippen LogP contribution in [0.5, 0.6) is 5.75 Å². The maximum atomic E-state index is 5.98. The van der Waals surface area contributed by atoms with Crippen LogP contribution in [0.2, 0.25) is 0 Å². The Hall–Kier alpha value is -1.96. The fourth-order valence-electron chi connectivity index (χ4n) is 2.21. The van der Waals surface area contributed by atoms with Crippen LogP contribution in [0.25, 0.3) is 0 Å². The molecule has 0 aliphatic carbocycles. The Labute approximate surface area is 121 Å². The van der Waals surface area contributed by atoms with Crippen molar-refractivity contribution in [3.05, 3.63) is 59.2 Å². The lowest BCUT2D eigenvalue weighted by Crippen LogP contribution is -2.04. The monoisotopic (exact) mass is 269 g/mol. The van der Waals surface area contributed by atoms with Gasteiger partial charge >= 0.3 is 0 Å². The van der Waals surface area contributed by atoms with Gasteiger partial charge in [0.05, 0.1) is 6.61 Å². The standard InChI is InChI=1S/C18H23NO/c1-13(2)17-9-4-14(3)12-18(17)20-11-10-15-5-7-16(19)8-6-15/h4-9,12-13H,10-11,19H2,1-3H3. The van der Waals surface area contributed by atoms with E-state index in [-0.39, 0.29) is 0 Å². The first-order chi connectivity index (χ1) is 9.56. The highest BCUT2D eigenvalue weighted by Crippen LogP contribution is 2.27. The predicted octanol–water partition coefficient (Wildman–Crippen LogP) is 4.32. The van der Waals surface area contributed by atoms with E-state index >= 15 is 0 Å². The molecule has 0 aromatic heterocycles. The molecule has 2 aromatic rings. The van der Waals surface area contributed by atoms with Crippen LogP contribution in [0.3, 0.4) is 0 Å². The predicted molar refractivity (Wildman–Crippen MR) is 85.3 cm³/mol. The van der Waals surface area contributed by atoms with Crippen LogP contribution in [0, 0.1) is 6.92 Å². The lowest BCUT2D eigenvalue weighted by Gasteiger charge is -2.15. The van der Waals surface area contributed by atoms with Gasteiger partial charge in [-0.15, -0.1) is 0 Å². The Morgan fingerprint density at radius 1 is 1.05 bits per heavy atom. The molecule has 0 saturated carbocycles. The van der Waals surface area contributed by atoms with Crippen molar-refractivity contribution in [2.75, 3.05) is 12.3 Å². The van der Waals surface area contributed by atoms with Crippen LogP contribution >= 0.6 is 0 Å². The van der Waals surface area contributed by atoms with Crippen LogP contribution in [0.4, 0.5) is 5.69 Å². The molecule has 2 rings (SSSR count). The smallest absolute Gasteiger partial charge is 0.123 e. The van der Waals surface area contributed by atoms with Crippen LogP contribution in [0.15, 0.2) is 42.5 Å². The van der Waals surface area contributed by atoms with Crippen LogP contribution in [-0.4, -0.2) is 6.61 Å². The third-order valence-electron chi connectivity index (χ3n) is 3.42. The molecule has 2 nitrogen and oxygen atoms in total. The van der Waals surface area contributed by atoms with Gasteiger partial charge in [0.1, 0.15) is 5.75 Å². The molecule has 0 bridgehead atoms. The molecule has 0 atom stereocenters. The minimum atomic E-state index is 0.474. The zero-order valence-electron chi connectivity index (χ0n) is 12.5. The summed E-state index contributed by atoms with van der Waals surface area (Å²) in [5, 5.41) is 0. The van der Waals surface area contributed by atoms with E-state index in [4.69, 9.17) is 10.5 Å². The molecule has 0 heterocycles.